The fourth-order valence-corrected chi connectivity index (χ4v) is 4.24. The fraction of sp³-hybridized carbons (Fsp3) is 0.385. The minimum Gasteiger partial charge on any atom is -0.461 e. The van der Waals surface area contributed by atoms with Crippen molar-refractivity contribution in [1.29, 1.82) is 0 Å². The molecular formula is C26H34N2O3Si. The standard InChI is InChI=1S/C26H34N2O3Si/c1-21-26(23-13-9-6-10-14-23)28(20-30-17-18-32(2,3)4)24(27-21)15-16-25(29)31-19-22-11-7-5-8-12-22/h5-14H,15-20H2,1-4H3. The van der Waals surface area contributed by atoms with Crippen molar-refractivity contribution in [3.63, 3.8) is 0 Å². The van der Waals surface area contributed by atoms with Crippen LogP contribution in [0.3, 0.4) is 0 Å². The van der Waals surface area contributed by atoms with E-state index in [4.69, 9.17) is 14.5 Å². The topological polar surface area (TPSA) is 53.3 Å². The van der Waals surface area contributed by atoms with E-state index in [9.17, 15) is 4.79 Å². The largest absolute Gasteiger partial charge is 0.461 e. The zero-order chi connectivity index (χ0) is 23.0. The maximum absolute atomic E-state index is 12.3. The van der Waals surface area contributed by atoms with Crippen LogP contribution in [0.5, 0.6) is 0 Å². The maximum Gasteiger partial charge on any atom is 0.306 e. The number of carbonyl (C=O) groups is 1. The Balaban J connectivity index is 1.69. The molecule has 0 saturated carbocycles. The number of benzene rings is 2. The molecule has 2 aromatic carbocycles. The van der Waals surface area contributed by atoms with Gasteiger partial charge in [-0.25, -0.2) is 4.98 Å². The molecule has 1 aromatic heterocycles. The second-order valence-corrected chi connectivity index (χ2v) is 14.9. The summed E-state index contributed by atoms with van der Waals surface area (Å²) in [5.41, 5.74) is 4.08. The second-order valence-electron chi connectivity index (χ2n) is 9.25. The Hall–Kier alpha value is -2.70. The Kier molecular flexibility index (Phi) is 8.42. The van der Waals surface area contributed by atoms with Gasteiger partial charge in [-0.2, -0.15) is 0 Å². The van der Waals surface area contributed by atoms with E-state index >= 15 is 0 Å². The third kappa shape index (κ3) is 7.17. The number of aromatic nitrogens is 2. The van der Waals surface area contributed by atoms with Crippen LogP contribution < -0.4 is 0 Å². The van der Waals surface area contributed by atoms with Gasteiger partial charge in [-0.1, -0.05) is 80.3 Å². The smallest absolute Gasteiger partial charge is 0.306 e. The Bertz CT molecular complexity index is 995. The van der Waals surface area contributed by atoms with Crippen molar-refractivity contribution in [1.82, 2.24) is 9.55 Å². The highest BCUT2D eigenvalue weighted by molar-refractivity contribution is 6.76. The summed E-state index contributed by atoms with van der Waals surface area (Å²) in [6.07, 6.45) is 0.797. The van der Waals surface area contributed by atoms with Gasteiger partial charge in [-0.3, -0.25) is 4.79 Å². The van der Waals surface area contributed by atoms with Crippen LogP contribution in [0.25, 0.3) is 11.3 Å². The van der Waals surface area contributed by atoms with Crippen LogP contribution in [-0.4, -0.2) is 30.2 Å². The number of esters is 1. The van der Waals surface area contributed by atoms with Crippen LogP contribution in [-0.2, 0) is 34.0 Å². The average molecular weight is 451 g/mol. The number of hydrogen-bond donors (Lipinski definition) is 0. The van der Waals surface area contributed by atoms with Gasteiger partial charge in [-0.15, -0.1) is 0 Å². The highest BCUT2D eigenvalue weighted by Crippen LogP contribution is 2.26. The van der Waals surface area contributed by atoms with Gasteiger partial charge in [-0.05, 0) is 18.5 Å². The number of carbonyl (C=O) groups excluding carboxylic acids is 1. The van der Waals surface area contributed by atoms with E-state index in [0.29, 0.717) is 19.8 Å². The number of hydrogen-bond acceptors (Lipinski definition) is 4. The SMILES string of the molecule is Cc1nc(CCC(=O)OCc2ccccc2)n(COCC[Si](C)(C)C)c1-c1ccccc1. The monoisotopic (exact) mass is 450 g/mol. The van der Waals surface area contributed by atoms with E-state index in [1.165, 1.54) is 0 Å². The molecule has 0 bridgehead atoms. The predicted octanol–water partition coefficient (Wildman–Crippen LogP) is 5.85. The molecule has 0 aliphatic heterocycles. The van der Waals surface area contributed by atoms with E-state index in [0.717, 1.165) is 41.0 Å². The van der Waals surface area contributed by atoms with Crippen molar-refractivity contribution in [3.8, 4) is 11.3 Å². The Morgan fingerprint density at radius 2 is 1.66 bits per heavy atom. The Morgan fingerprint density at radius 3 is 2.31 bits per heavy atom. The second kappa shape index (κ2) is 11.2. The predicted molar refractivity (Wildman–Crippen MR) is 131 cm³/mol. The molecule has 3 aromatic rings. The first-order chi connectivity index (χ1) is 15.3. The molecule has 0 aliphatic carbocycles. The molecule has 0 radical (unpaired) electrons. The van der Waals surface area contributed by atoms with Gasteiger partial charge in [0.15, 0.2) is 0 Å². The molecular weight excluding hydrogens is 416 g/mol. The van der Waals surface area contributed by atoms with E-state index in [-0.39, 0.29) is 12.4 Å². The highest BCUT2D eigenvalue weighted by Gasteiger charge is 2.18. The Morgan fingerprint density at radius 1 is 1.00 bits per heavy atom. The molecule has 0 atom stereocenters. The number of nitrogens with zero attached hydrogens (tertiary/aromatic N) is 2. The van der Waals surface area contributed by atoms with E-state index in [2.05, 4.69) is 36.3 Å². The first-order valence-corrected chi connectivity index (χ1v) is 14.9. The van der Waals surface area contributed by atoms with Crippen LogP contribution in [0.15, 0.2) is 60.7 Å². The molecule has 0 fully saturated rings. The minimum absolute atomic E-state index is 0.220. The molecule has 3 rings (SSSR count). The lowest BCUT2D eigenvalue weighted by Crippen LogP contribution is -2.22. The summed E-state index contributed by atoms with van der Waals surface area (Å²) in [6.45, 7) is 10.5. The molecule has 0 spiro atoms. The summed E-state index contributed by atoms with van der Waals surface area (Å²) in [6, 6.07) is 21.1. The summed E-state index contributed by atoms with van der Waals surface area (Å²) >= 11 is 0. The number of ether oxygens (including phenoxy) is 2. The lowest BCUT2D eigenvalue weighted by Gasteiger charge is -2.17. The lowest BCUT2D eigenvalue weighted by atomic mass is 10.1. The van der Waals surface area contributed by atoms with Gasteiger partial charge >= 0.3 is 5.97 Å². The van der Waals surface area contributed by atoms with Crippen molar-refractivity contribution < 1.29 is 14.3 Å². The van der Waals surface area contributed by atoms with Crippen LogP contribution in [0.2, 0.25) is 25.7 Å². The molecule has 0 N–H and O–H groups in total. The van der Waals surface area contributed by atoms with Gasteiger partial charge in [0.05, 0.1) is 17.8 Å². The van der Waals surface area contributed by atoms with Gasteiger partial charge in [0, 0.05) is 26.7 Å². The van der Waals surface area contributed by atoms with Crippen LogP contribution >= 0.6 is 0 Å². The van der Waals surface area contributed by atoms with Gasteiger partial charge in [0.25, 0.3) is 0 Å². The van der Waals surface area contributed by atoms with Crippen molar-refractivity contribution in [2.24, 2.45) is 0 Å². The van der Waals surface area contributed by atoms with Gasteiger partial charge < -0.3 is 14.0 Å². The minimum atomic E-state index is -1.16. The van der Waals surface area contributed by atoms with Crippen LogP contribution in [0, 0.1) is 6.92 Å². The van der Waals surface area contributed by atoms with Crippen molar-refractivity contribution >= 4 is 14.0 Å². The summed E-state index contributed by atoms with van der Waals surface area (Å²) in [5, 5.41) is 0. The van der Waals surface area contributed by atoms with E-state index < -0.39 is 8.07 Å². The first-order valence-electron chi connectivity index (χ1n) is 11.2. The molecule has 32 heavy (non-hydrogen) atoms. The highest BCUT2D eigenvalue weighted by atomic mass is 28.3. The van der Waals surface area contributed by atoms with Gasteiger partial charge in [0.2, 0.25) is 0 Å². The zero-order valence-corrected chi connectivity index (χ0v) is 20.6. The van der Waals surface area contributed by atoms with Crippen molar-refractivity contribution in [2.45, 2.75) is 58.8 Å². The average Bonchev–Trinajstić information content (AvgIpc) is 3.09. The number of rotatable bonds is 11. The summed E-state index contributed by atoms with van der Waals surface area (Å²) in [7, 11) is -1.16. The molecule has 5 nitrogen and oxygen atoms in total. The van der Waals surface area contributed by atoms with Crippen LogP contribution in [0.4, 0.5) is 0 Å². The van der Waals surface area contributed by atoms with Crippen molar-refractivity contribution in [3.05, 3.63) is 77.7 Å². The molecule has 6 heteroatoms. The Labute approximate surface area is 192 Å². The summed E-state index contributed by atoms with van der Waals surface area (Å²) in [4.78, 5) is 17.1. The maximum atomic E-state index is 12.3. The van der Waals surface area contributed by atoms with Crippen molar-refractivity contribution in [2.75, 3.05) is 6.61 Å². The summed E-state index contributed by atoms with van der Waals surface area (Å²) in [5.74, 6) is 0.632. The van der Waals surface area contributed by atoms with Crippen LogP contribution in [0.1, 0.15) is 23.5 Å². The third-order valence-electron chi connectivity index (χ3n) is 5.28. The fourth-order valence-electron chi connectivity index (χ4n) is 3.48. The van der Waals surface area contributed by atoms with E-state index in [1.54, 1.807) is 0 Å². The molecule has 0 amide bonds. The molecule has 170 valence electrons. The quantitative estimate of drug-likeness (QED) is 0.209. The normalized spacial score (nSPS) is 11.5. The van der Waals surface area contributed by atoms with Gasteiger partial charge in [0.1, 0.15) is 19.2 Å². The zero-order valence-electron chi connectivity index (χ0n) is 19.6. The third-order valence-corrected chi connectivity index (χ3v) is 6.98. The molecule has 1 heterocycles. The lowest BCUT2D eigenvalue weighted by molar-refractivity contribution is -0.144. The van der Waals surface area contributed by atoms with E-state index in [1.807, 2.05) is 55.5 Å². The number of aryl methyl sites for hydroxylation is 2. The summed E-state index contributed by atoms with van der Waals surface area (Å²) < 4.78 is 13.6. The first kappa shape index (κ1) is 23.9. The molecule has 0 unspecified atom stereocenters. The molecule has 0 aliphatic rings. The molecule has 0 saturated heterocycles. The number of imidazole rings is 1.